The summed E-state index contributed by atoms with van der Waals surface area (Å²) in [6, 6.07) is 0. The summed E-state index contributed by atoms with van der Waals surface area (Å²) in [5.41, 5.74) is 0. The predicted molar refractivity (Wildman–Crippen MR) is 62.9 cm³/mol. The molecule has 90 valence electrons. The number of nitrogens with one attached hydrogen (secondary N) is 2. The molecule has 0 aromatic carbocycles. The molecular formula is C12H20N2O2. The molecule has 1 aliphatic rings. The van der Waals surface area contributed by atoms with Gasteiger partial charge in [-0.25, -0.2) is 0 Å². The molecular weight excluding hydrogens is 204 g/mol. The lowest BCUT2D eigenvalue weighted by molar-refractivity contribution is -0.122. The van der Waals surface area contributed by atoms with E-state index in [1.54, 1.807) is 0 Å². The number of carbonyl (C=O) groups excluding carboxylic acids is 1. The first-order chi connectivity index (χ1) is 7.83. The maximum Gasteiger partial charge on any atom is 0.220 e. The van der Waals surface area contributed by atoms with Crippen LogP contribution in [0, 0.1) is 12.3 Å². The largest absolute Gasteiger partial charge is 0.374 e. The van der Waals surface area contributed by atoms with E-state index in [0.29, 0.717) is 13.0 Å². The minimum atomic E-state index is 0.0891. The Morgan fingerprint density at radius 1 is 1.56 bits per heavy atom. The molecule has 0 aliphatic carbocycles. The van der Waals surface area contributed by atoms with Crippen LogP contribution in [0.4, 0.5) is 0 Å². The maximum atomic E-state index is 11.4. The molecule has 1 amide bonds. The lowest BCUT2D eigenvalue weighted by atomic mass is 10.2. The minimum Gasteiger partial charge on any atom is -0.374 e. The van der Waals surface area contributed by atoms with Gasteiger partial charge in [-0.1, -0.05) is 0 Å². The van der Waals surface area contributed by atoms with E-state index in [2.05, 4.69) is 16.6 Å². The first-order valence-electron chi connectivity index (χ1n) is 5.85. The molecule has 1 heterocycles. The van der Waals surface area contributed by atoms with Gasteiger partial charge in [-0.2, -0.15) is 0 Å². The van der Waals surface area contributed by atoms with E-state index in [-0.39, 0.29) is 12.0 Å². The van der Waals surface area contributed by atoms with Crippen LogP contribution in [-0.2, 0) is 9.53 Å². The Labute approximate surface area is 97.1 Å². The van der Waals surface area contributed by atoms with Gasteiger partial charge in [0, 0.05) is 32.5 Å². The van der Waals surface area contributed by atoms with E-state index in [4.69, 9.17) is 11.2 Å². The van der Waals surface area contributed by atoms with Crippen molar-refractivity contribution >= 4 is 5.91 Å². The highest BCUT2D eigenvalue weighted by Gasteiger charge is 2.13. The molecule has 0 bridgehead atoms. The van der Waals surface area contributed by atoms with Gasteiger partial charge in [0.05, 0.1) is 12.7 Å². The van der Waals surface area contributed by atoms with Gasteiger partial charge in [0.25, 0.3) is 0 Å². The Balaban J connectivity index is 1.99. The lowest BCUT2D eigenvalue weighted by Gasteiger charge is -2.23. The summed E-state index contributed by atoms with van der Waals surface area (Å²) in [4.78, 5) is 11.4. The number of ether oxygens (including phenoxy) is 1. The van der Waals surface area contributed by atoms with Crippen LogP contribution >= 0.6 is 0 Å². The summed E-state index contributed by atoms with van der Waals surface area (Å²) < 4.78 is 5.47. The van der Waals surface area contributed by atoms with Crippen LogP contribution in [0.15, 0.2) is 0 Å². The molecule has 2 N–H and O–H groups in total. The number of morpholine rings is 1. The molecule has 1 fully saturated rings. The van der Waals surface area contributed by atoms with Crippen LogP contribution in [-0.4, -0.2) is 38.3 Å². The second-order valence-corrected chi connectivity index (χ2v) is 3.91. The average Bonchev–Trinajstić information content (AvgIpc) is 2.33. The zero-order valence-corrected chi connectivity index (χ0v) is 9.63. The number of amides is 1. The number of unbranched alkanes of at least 4 members (excludes halogenated alkanes) is 2. The van der Waals surface area contributed by atoms with Crippen LogP contribution in [0.25, 0.3) is 0 Å². The number of terminal acetylenes is 1. The van der Waals surface area contributed by atoms with Gasteiger partial charge in [0.15, 0.2) is 0 Å². The molecule has 1 aliphatic heterocycles. The highest BCUT2D eigenvalue weighted by atomic mass is 16.5. The normalized spacial score (nSPS) is 20.1. The van der Waals surface area contributed by atoms with E-state index < -0.39 is 0 Å². The third kappa shape index (κ3) is 5.74. The van der Waals surface area contributed by atoms with Gasteiger partial charge in [0.1, 0.15) is 0 Å². The fourth-order valence-corrected chi connectivity index (χ4v) is 1.58. The zero-order valence-electron chi connectivity index (χ0n) is 9.63. The molecule has 0 radical (unpaired) electrons. The van der Waals surface area contributed by atoms with Crippen LogP contribution in [0.5, 0.6) is 0 Å². The summed E-state index contributed by atoms with van der Waals surface area (Å²) >= 11 is 0. The molecule has 0 aromatic heterocycles. The number of rotatable bonds is 6. The second-order valence-electron chi connectivity index (χ2n) is 3.91. The fraction of sp³-hybridized carbons (Fsp3) is 0.750. The summed E-state index contributed by atoms with van der Waals surface area (Å²) in [6.07, 6.45) is 8.34. The van der Waals surface area contributed by atoms with Gasteiger partial charge >= 0.3 is 0 Å². The quantitative estimate of drug-likeness (QED) is 0.503. The molecule has 0 aromatic rings. The van der Waals surface area contributed by atoms with Crippen molar-refractivity contribution in [2.75, 3.05) is 26.2 Å². The Morgan fingerprint density at radius 3 is 3.12 bits per heavy atom. The molecule has 4 nitrogen and oxygen atoms in total. The average molecular weight is 224 g/mol. The van der Waals surface area contributed by atoms with Crippen molar-refractivity contribution in [2.24, 2.45) is 0 Å². The summed E-state index contributed by atoms with van der Waals surface area (Å²) in [7, 11) is 0. The molecule has 1 saturated heterocycles. The van der Waals surface area contributed by atoms with Crippen molar-refractivity contribution in [1.82, 2.24) is 10.6 Å². The molecule has 0 saturated carbocycles. The smallest absolute Gasteiger partial charge is 0.220 e. The van der Waals surface area contributed by atoms with Crippen molar-refractivity contribution in [3.63, 3.8) is 0 Å². The lowest BCUT2D eigenvalue weighted by Crippen LogP contribution is -2.45. The highest BCUT2D eigenvalue weighted by Crippen LogP contribution is 1.99. The number of hydrogen-bond acceptors (Lipinski definition) is 3. The molecule has 1 unspecified atom stereocenters. The van der Waals surface area contributed by atoms with Crippen molar-refractivity contribution in [2.45, 2.75) is 31.8 Å². The molecule has 1 rings (SSSR count). The Hall–Kier alpha value is -1.05. The Morgan fingerprint density at radius 2 is 2.44 bits per heavy atom. The predicted octanol–water partition coefficient (Wildman–Crippen LogP) is 0.285. The SMILES string of the molecule is C#CCCCCC(=O)NCC1CNCCO1. The third-order valence-electron chi connectivity index (χ3n) is 2.51. The maximum absolute atomic E-state index is 11.4. The van der Waals surface area contributed by atoms with Crippen molar-refractivity contribution < 1.29 is 9.53 Å². The highest BCUT2D eigenvalue weighted by molar-refractivity contribution is 5.75. The molecule has 4 heteroatoms. The van der Waals surface area contributed by atoms with Crippen LogP contribution < -0.4 is 10.6 Å². The zero-order chi connectivity index (χ0) is 11.6. The van der Waals surface area contributed by atoms with Gasteiger partial charge in [-0.05, 0) is 12.8 Å². The number of carbonyl (C=O) groups is 1. The summed E-state index contributed by atoms with van der Waals surface area (Å²) in [6.45, 7) is 3.04. The monoisotopic (exact) mass is 224 g/mol. The second kappa shape index (κ2) is 8.14. The molecule has 0 spiro atoms. The summed E-state index contributed by atoms with van der Waals surface area (Å²) in [5.74, 6) is 2.65. The van der Waals surface area contributed by atoms with Gasteiger partial charge in [0.2, 0.25) is 5.91 Å². The molecule has 16 heavy (non-hydrogen) atoms. The first-order valence-corrected chi connectivity index (χ1v) is 5.85. The first kappa shape index (κ1) is 13.0. The van der Waals surface area contributed by atoms with E-state index in [1.165, 1.54) is 0 Å². The van der Waals surface area contributed by atoms with Gasteiger partial charge < -0.3 is 15.4 Å². The fourth-order valence-electron chi connectivity index (χ4n) is 1.58. The Kier molecular flexibility index (Phi) is 6.62. The van der Waals surface area contributed by atoms with Crippen LogP contribution in [0.1, 0.15) is 25.7 Å². The van der Waals surface area contributed by atoms with E-state index in [9.17, 15) is 4.79 Å². The van der Waals surface area contributed by atoms with E-state index in [1.807, 2.05) is 0 Å². The Bertz CT molecular complexity index is 242. The van der Waals surface area contributed by atoms with Crippen molar-refractivity contribution in [3.05, 3.63) is 0 Å². The van der Waals surface area contributed by atoms with Gasteiger partial charge in [-0.3, -0.25) is 4.79 Å². The minimum absolute atomic E-state index is 0.0891. The van der Waals surface area contributed by atoms with Crippen molar-refractivity contribution in [3.8, 4) is 12.3 Å². The van der Waals surface area contributed by atoms with Crippen LogP contribution in [0.2, 0.25) is 0 Å². The van der Waals surface area contributed by atoms with Crippen LogP contribution in [0.3, 0.4) is 0 Å². The summed E-state index contributed by atoms with van der Waals surface area (Å²) in [5, 5.41) is 6.09. The van der Waals surface area contributed by atoms with E-state index >= 15 is 0 Å². The number of hydrogen-bond donors (Lipinski definition) is 2. The van der Waals surface area contributed by atoms with E-state index in [0.717, 1.165) is 39.0 Å². The molecule has 1 atom stereocenters. The third-order valence-corrected chi connectivity index (χ3v) is 2.51. The topological polar surface area (TPSA) is 50.4 Å². The van der Waals surface area contributed by atoms with Gasteiger partial charge in [-0.15, -0.1) is 12.3 Å². The van der Waals surface area contributed by atoms with Crippen molar-refractivity contribution in [1.29, 1.82) is 0 Å². The standard InChI is InChI=1S/C12H20N2O2/c1-2-3-4-5-6-12(15)14-10-11-9-13-7-8-16-11/h1,11,13H,3-10H2,(H,14,15).